The number of hydrogen-bond acceptors (Lipinski definition) is 2. The van der Waals surface area contributed by atoms with Gasteiger partial charge in [-0.1, -0.05) is 43.1 Å². The van der Waals surface area contributed by atoms with Crippen molar-refractivity contribution in [3.05, 3.63) is 33.8 Å². The molecule has 2 atom stereocenters. The minimum atomic E-state index is -0.484. The highest BCUT2D eigenvalue weighted by Gasteiger charge is 2.17. The number of carbonyl (C=O) groups excluding carboxylic acids is 1. The van der Waals surface area contributed by atoms with E-state index in [0.717, 1.165) is 12.0 Å². The van der Waals surface area contributed by atoms with Crippen LogP contribution in [0.2, 0.25) is 10.0 Å². The molecule has 120 valence electrons. The van der Waals surface area contributed by atoms with Crippen LogP contribution in [-0.2, 0) is 11.2 Å². The molecule has 0 spiro atoms. The van der Waals surface area contributed by atoms with Gasteiger partial charge in [-0.25, -0.2) is 0 Å². The molecule has 0 aliphatic heterocycles. The van der Waals surface area contributed by atoms with E-state index in [-0.39, 0.29) is 18.3 Å². The number of nitrogens with one attached hydrogen (secondary N) is 1. The predicted molar refractivity (Wildman–Crippen MR) is 92.4 cm³/mol. The molecule has 1 aromatic carbocycles. The van der Waals surface area contributed by atoms with Gasteiger partial charge in [0.05, 0.1) is 6.04 Å². The van der Waals surface area contributed by atoms with E-state index in [1.54, 1.807) is 13.0 Å². The van der Waals surface area contributed by atoms with Gasteiger partial charge in [0.25, 0.3) is 0 Å². The second-order valence-corrected chi connectivity index (χ2v) is 6.32. The van der Waals surface area contributed by atoms with Crippen molar-refractivity contribution in [1.82, 2.24) is 5.32 Å². The number of carbonyl (C=O) groups is 1. The Bertz CT molecular complexity index is 464. The molecule has 3 N–H and O–H groups in total. The fourth-order valence-corrected chi connectivity index (χ4v) is 2.39. The molecule has 0 bridgehead atoms. The zero-order chi connectivity index (χ0) is 15.3. The molecule has 1 aromatic rings. The van der Waals surface area contributed by atoms with E-state index >= 15 is 0 Å². The van der Waals surface area contributed by atoms with Gasteiger partial charge in [-0.2, -0.15) is 0 Å². The highest BCUT2D eigenvalue weighted by atomic mass is 35.5. The topological polar surface area (TPSA) is 55.1 Å². The SMILES string of the molecule is CC(C)C(CNC(=O)[C@H](C)N)Cc1ccc(Cl)cc1Cl.Cl. The van der Waals surface area contributed by atoms with Crippen LogP contribution in [0.1, 0.15) is 26.3 Å². The van der Waals surface area contributed by atoms with Crippen LogP contribution in [-0.4, -0.2) is 18.5 Å². The standard InChI is InChI=1S/C15H22Cl2N2O.ClH/c1-9(2)12(8-19-15(20)10(3)18)6-11-4-5-13(16)7-14(11)17;/h4-5,7,9-10,12H,6,8,18H2,1-3H3,(H,19,20);1H/t10-,12?;/m0./s1. The first-order valence-corrected chi connectivity index (χ1v) is 7.54. The van der Waals surface area contributed by atoms with Crippen molar-refractivity contribution in [3.63, 3.8) is 0 Å². The summed E-state index contributed by atoms with van der Waals surface area (Å²) in [6.07, 6.45) is 0.799. The third-order valence-corrected chi connectivity index (χ3v) is 3.98. The van der Waals surface area contributed by atoms with E-state index in [0.29, 0.717) is 28.4 Å². The van der Waals surface area contributed by atoms with Crippen molar-refractivity contribution < 1.29 is 4.79 Å². The molecule has 0 aromatic heterocycles. The number of rotatable bonds is 6. The monoisotopic (exact) mass is 352 g/mol. The summed E-state index contributed by atoms with van der Waals surface area (Å²) in [6.45, 7) is 6.53. The maximum absolute atomic E-state index is 11.6. The summed E-state index contributed by atoms with van der Waals surface area (Å²) in [6, 6.07) is 5.03. The second-order valence-electron chi connectivity index (χ2n) is 5.48. The predicted octanol–water partition coefficient (Wildman–Crippen LogP) is 3.69. The van der Waals surface area contributed by atoms with Gasteiger partial charge in [-0.05, 0) is 42.9 Å². The van der Waals surface area contributed by atoms with Crippen LogP contribution in [0.3, 0.4) is 0 Å². The molecular formula is C15H23Cl3N2O. The molecule has 6 heteroatoms. The average molecular weight is 354 g/mol. The minimum absolute atomic E-state index is 0. The van der Waals surface area contributed by atoms with Crippen LogP contribution in [0.5, 0.6) is 0 Å². The Morgan fingerprint density at radius 3 is 2.38 bits per heavy atom. The molecule has 0 saturated carbocycles. The highest BCUT2D eigenvalue weighted by Crippen LogP contribution is 2.25. The zero-order valence-corrected chi connectivity index (χ0v) is 14.9. The first kappa shape index (κ1) is 20.5. The molecule has 1 unspecified atom stereocenters. The lowest BCUT2D eigenvalue weighted by molar-refractivity contribution is -0.122. The molecule has 0 saturated heterocycles. The van der Waals surface area contributed by atoms with E-state index < -0.39 is 6.04 Å². The normalized spacial score (nSPS) is 13.5. The van der Waals surface area contributed by atoms with Gasteiger partial charge in [0.1, 0.15) is 0 Å². The molecule has 1 rings (SSSR count). The lowest BCUT2D eigenvalue weighted by Crippen LogP contribution is -2.41. The molecule has 0 radical (unpaired) electrons. The summed E-state index contributed by atoms with van der Waals surface area (Å²) in [5, 5.41) is 4.18. The Labute approximate surface area is 143 Å². The van der Waals surface area contributed by atoms with Crippen molar-refractivity contribution in [2.24, 2.45) is 17.6 Å². The number of halogens is 3. The quantitative estimate of drug-likeness (QED) is 0.819. The Balaban J connectivity index is 0.00000400. The van der Waals surface area contributed by atoms with E-state index in [1.807, 2.05) is 12.1 Å². The van der Waals surface area contributed by atoms with Gasteiger partial charge in [0, 0.05) is 16.6 Å². The summed E-state index contributed by atoms with van der Waals surface area (Å²) >= 11 is 12.1. The van der Waals surface area contributed by atoms with Gasteiger partial charge in [-0.3, -0.25) is 4.79 Å². The van der Waals surface area contributed by atoms with Crippen molar-refractivity contribution in [1.29, 1.82) is 0 Å². The molecular weight excluding hydrogens is 331 g/mol. The molecule has 0 aliphatic carbocycles. The Hall–Kier alpha value is -0.480. The maximum Gasteiger partial charge on any atom is 0.236 e. The fourth-order valence-electron chi connectivity index (χ4n) is 1.91. The van der Waals surface area contributed by atoms with Gasteiger partial charge in [0.15, 0.2) is 0 Å². The number of hydrogen-bond donors (Lipinski definition) is 2. The van der Waals surface area contributed by atoms with Crippen LogP contribution in [0, 0.1) is 11.8 Å². The lowest BCUT2D eigenvalue weighted by Gasteiger charge is -2.22. The molecule has 0 fully saturated rings. The summed E-state index contributed by atoms with van der Waals surface area (Å²) in [5.74, 6) is 0.601. The van der Waals surface area contributed by atoms with Crippen molar-refractivity contribution in [2.75, 3.05) is 6.54 Å². The Morgan fingerprint density at radius 2 is 1.90 bits per heavy atom. The van der Waals surface area contributed by atoms with Gasteiger partial charge in [-0.15, -0.1) is 12.4 Å². The van der Waals surface area contributed by atoms with Crippen LogP contribution >= 0.6 is 35.6 Å². The molecule has 1 amide bonds. The molecule has 0 aliphatic rings. The van der Waals surface area contributed by atoms with Gasteiger partial charge >= 0.3 is 0 Å². The average Bonchev–Trinajstić information content (AvgIpc) is 2.35. The summed E-state index contributed by atoms with van der Waals surface area (Å²) in [7, 11) is 0. The number of benzene rings is 1. The van der Waals surface area contributed by atoms with Crippen LogP contribution < -0.4 is 11.1 Å². The Morgan fingerprint density at radius 1 is 1.29 bits per heavy atom. The number of nitrogens with two attached hydrogens (primary N) is 1. The van der Waals surface area contributed by atoms with E-state index in [1.165, 1.54) is 0 Å². The van der Waals surface area contributed by atoms with Gasteiger partial charge in [0.2, 0.25) is 5.91 Å². The van der Waals surface area contributed by atoms with Crippen LogP contribution in [0.4, 0.5) is 0 Å². The van der Waals surface area contributed by atoms with Crippen LogP contribution in [0.25, 0.3) is 0 Å². The van der Waals surface area contributed by atoms with Crippen molar-refractivity contribution in [3.8, 4) is 0 Å². The molecule has 3 nitrogen and oxygen atoms in total. The third-order valence-electron chi connectivity index (χ3n) is 3.39. The van der Waals surface area contributed by atoms with E-state index in [9.17, 15) is 4.79 Å². The molecule has 21 heavy (non-hydrogen) atoms. The lowest BCUT2D eigenvalue weighted by atomic mass is 9.89. The minimum Gasteiger partial charge on any atom is -0.354 e. The van der Waals surface area contributed by atoms with E-state index in [2.05, 4.69) is 19.2 Å². The van der Waals surface area contributed by atoms with Crippen molar-refractivity contribution in [2.45, 2.75) is 33.2 Å². The third kappa shape index (κ3) is 6.88. The molecule has 0 heterocycles. The Kier molecular flexibility index (Phi) is 9.30. The number of amides is 1. The largest absolute Gasteiger partial charge is 0.354 e. The highest BCUT2D eigenvalue weighted by molar-refractivity contribution is 6.35. The zero-order valence-electron chi connectivity index (χ0n) is 12.5. The second kappa shape index (κ2) is 9.52. The fraction of sp³-hybridized carbons (Fsp3) is 0.533. The summed E-state index contributed by atoms with van der Waals surface area (Å²) in [4.78, 5) is 11.6. The van der Waals surface area contributed by atoms with Gasteiger partial charge < -0.3 is 11.1 Å². The first-order chi connectivity index (χ1) is 9.31. The summed E-state index contributed by atoms with van der Waals surface area (Å²) in [5.41, 5.74) is 6.59. The maximum atomic E-state index is 11.6. The van der Waals surface area contributed by atoms with Crippen LogP contribution in [0.15, 0.2) is 18.2 Å². The van der Waals surface area contributed by atoms with E-state index in [4.69, 9.17) is 28.9 Å². The summed E-state index contributed by atoms with van der Waals surface area (Å²) < 4.78 is 0. The van der Waals surface area contributed by atoms with Crippen molar-refractivity contribution >= 4 is 41.5 Å². The smallest absolute Gasteiger partial charge is 0.236 e. The first-order valence-electron chi connectivity index (χ1n) is 6.78.